The Morgan fingerprint density at radius 1 is 0.763 bits per heavy atom. The van der Waals surface area contributed by atoms with Crippen molar-refractivity contribution >= 4 is 5.69 Å². The van der Waals surface area contributed by atoms with Gasteiger partial charge in [-0.25, -0.2) is 0 Å². The van der Waals surface area contributed by atoms with Crippen LogP contribution in [0.25, 0.3) is 0 Å². The zero-order valence-electron chi connectivity index (χ0n) is 22.7. The average Bonchev–Trinajstić information content (AvgIpc) is 2.92. The van der Waals surface area contributed by atoms with Crippen LogP contribution in [0.5, 0.6) is 5.75 Å². The Bertz CT molecular complexity index is 1350. The third kappa shape index (κ3) is 6.09. The van der Waals surface area contributed by atoms with Crippen LogP contribution in [0.3, 0.4) is 0 Å². The Kier molecular flexibility index (Phi) is 7.82. The lowest BCUT2D eigenvalue weighted by molar-refractivity contribution is -0.170. The summed E-state index contributed by atoms with van der Waals surface area (Å²) in [7, 11) is 0. The van der Waals surface area contributed by atoms with Gasteiger partial charge >= 0.3 is 0 Å². The van der Waals surface area contributed by atoms with E-state index in [1.807, 2.05) is 24.3 Å². The fraction of sp³-hybridized carbons (Fsp3) is 0.294. The third-order valence-electron chi connectivity index (χ3n) is 7.22. The van der Waals surface area contributed by atoms with Crippen LogP contribution in [-0.4, -0.2) is 11.7 Å². The van der Waals surface area contributed by atoms with Crippen LogP contribution in [0.4, 0.5) is 5.69 Å². The number of ether oxygens (including phenoxy) is 3. The molecule has 4 aromatic carbocycles. The molecule has 196 valence electrons. The largest absolute Gasteiger partial charge is 0.485 e. The molecule has 5 rings (SSSR count). The average molecular weight is 508 g/mol. The molecule has 0 aliphatic carbocycles. The quantitative estimate of drug-likeness (QED) is 0.250. The summed E-state index contributed by atoms with van der Waals surface area (Å²) in [5.41, 5.74) is 7.47. The van der Waals surface area contributed by atoms with E-state index in [-0.39, 0.29) is 12.2 Å². The number of hydrogen-bond donors (Lipinski definition) is 1. The SMILES string of the molecule is Cc1ccc(CNc2ccc3c(c2)C(OCc2ccccc2)C(OCc2ccccc2C)C(C)(C)O3)cc1. The highest BCUT2D eigenvalue weighted by Crippen LogP contribution is 2.45. The maximum absolute atomic E-state index is 6.66. The van der Waals surface area contributed by atoms with Crippen molar-refractivity contribution in [1.82, 2.24) is 0 Å². The highest BCUT2D eigenvalue weighted by atomic mass is 16.6. The second-order valence-electron chi connectivity index (χ2n) is 10.7. The second kappa shape index (κ2) is 11.4. The summed E-state index contributed by atoms with van der Waals surface area (Å²) >= 11 is 0. The van der Waals surface area contributed by atoms with Gasteiger partial charge in [-0.1, -0.05) is 84.4 Å². The molecule has 0 amide bonds. The summed E-state index contributed by atoms with van der Waals surface area (Å²) in [5.74, 6) is 0.838. The van der Waals surface area contributed by atoms with Crippen molar-refractivity contribution < 1.29 is 14.2 Å². The standard InChI is InChI=1S/C34H37NO3/c1-24-14-16-26(17-15-24)21-35-29-18-19-31-30(20-29)32(36-22-27-11-6-5-7-12-27)33(34(3,4)38-31)37-23-28-13-9-8-10-25(28)2/h5-20,32-33,35H,21-23H2,1-4H3. The molecule has 4 nitrogen and oxygen atoms in total. The van der Waals surface area contributed by atoms with Crippen LogP contribution in [0, 0.1) is 13.8 Å². The number of fused-ring (bicyclic) bond motifs is 1. The molecule has 1 aliphatic heterocycles. The molecule has 38 heavy (non-hydrogen) atoms. The minimum absolute atomic E-state index is 0.293. The van der Waals surface area contributed by atoms with Gasteiger partial charge in [0.2, 0.25) is 0 Å². The molecular weight excluding hydrogens is 470 g/mol. The minimum atomic E-state index is -0.576. The number of nitrogens with one attached hydrogen (secondary N) is 1. The van der Waals surface area contributed by atoms with Crippen molar-refractivity contribution in [3.8, 4) is 5.75 Å². The molecule has 1 heterocycles. The van der Waals surface area contributed by atoms with E-state index in [0.717, 1.165) is 29.1 Å². The first-order valence-electron chi connectivity index (χ1n) is 13.3. The first-order chi connectivity index (χ1) is 18.4. The summed E-state index contributed by atoms with van der Waals surface area (Å²) < 4.78 is 19.8. The number of benzene rings is 4. The van der Waals surface area contributed by atoms with E-state index in [1.54, 1.807) is 0 Å². The van der Waals surface area contributed by atoms with E-state index in [4.69, 9.17) is 14.2 Å². The Morgan fingerprint density at radius 3 is 2.26 bits per heavy atom. The molecule has 0 fully saturated rings. The van der Waals surface area contributed by atoms with Crippen LogP contribution >= 0.6 is 0 Å². The van der Waals surface area contributed by atoms with Gasteiger partial charge in [0.1, 0.15) is 23.6 Å². The van der Waals surface area contributed by atoms with Gasteiger partial charge in [-0.2, -0.15) is 0 Å². The maximum Gasteiger partial charge on any atom is 0.132 e. The van der Waals surface area contributed by atoms with Gasteiger partial charge in [0.25, 0.3) is 0 Å². The van der Waals surface area contributed by atoms with E-state index in [9.17, 15) is 0 Å². The molecule has 0 radical (unpaired) electrons. The van der Waals surface area contributed by atoms with Crippen molar-refractivity contribution in [3.05, 3.63) is 130 Å². The molecule has 0 aromatic heterocycles. The Morgan fingerprint density at radius 2 is 1.50 bits per heavy atom. The van der Waals surface area contributed by atoms with Gasteiger partial charge in [0.15, 0.2) is 0 Å². The fourth-order valence-electron chi connectivity index (χ4n) is 4.93. The van der Waals surface area contributed by atoms with Gasteiger partial charge in [0.05, 0.1) is 13.2 Å². The number of rotatable bonds is 9. The summed E-state index contributed by atoms with van der Waals surface area (Å²) in [4.78, 5) is 0. The first kappa shape index (κ1) is 26.0. The van der Waals surface area contributed by atoms with Crippen molar-refractivity contribution in [3.63, 3.8) is 0 Å². The minimum Gasteiger partial charge on any atom is -0.485 e. The molecule has 0 saturated carbocycles. The predicted octanol–water partition coefficient (Wildman–Crippen LogP) is 7.93. The predicted molar refractivity (Wildman–Crippen MR) is 153 cm³/mol. The number of anilines is 1. The van der Waals surface area contributed by atoms with E-state index >= 15 is 0 Å². The summed E-state index contributed by atoms with van der Waals surface area (Å²) in [6.07, 6.45) is -0.593. The van der Waals surface area contributed by atoms with Crippen LogP contribution in [-0.2, 0) is 29.2 Å². The first-order valence-corrected chi connectivity index (χ1v) is 13.3. The van der Waals surface area contributed by atoms with E-state index in [2.05, 4.69) is 106 Å². The van der Waals surface area contributed by atoms with Gasteiger partial charge < -0.3 is 19.5 Å². The molecule has 4 aromatic rings. The molecule has 2 unspecified atom stereocenters. The lowest BCUT2D eigenvalue weighted by Crippen LogP contribution is -2.51. The molecule has 0 bridgehead atoms. The Labute approximate surface area is 226 Å². The maximum atomic E-state index is 6.66. The summed E-state index contributed by atoms with van der Waals surface area (Å²) in [6.45, 7) is 10.1. The highest BCUT2D eigenvalue weighted by Gasteiger charge is 2.45. The highest BCUT2D eigenvalue weighted by molar-refractivity contribution is 5.54. The number of hydrogen-bond acceptors (Lipinski definition) is 4. The normalized spacial score (nSPS) is 17.9. The van der Waals surface area contributed by atoms with E-state index in [0.29, 0.717) is 13.2 Å². The Balaban J connectivity index is 1.42. The number of aryl methyl sites for hydroxylation is 2. The van der Waals surface area contributed by atoms with E-state index < -0.39 is 5.60 Å². The third-order valence-corrected chi connectivity index (χ3v) is 7.22. The summed E-state index contributed by atoms with van der Waals surface area (Å²) in [5, 5.41) is 3.57. The molecule has 4 heteroatoms. The zero-order chi connectivity index (χ0) is 26.5. The van der Waals surface area contributed by atoms with Gasteiger partial charge in [-0.15, -0.1) is 0 Å². The molecule has 2 atom stereocenters. The monoisotopic (exact) mass is 507 g/mol. The Hall–Kier alpha value is -3.60. The van der Waals surface area contributed by atoms with Crippen LogP contribution in [0.2, 0.25) is 0 Å². The molecular formula is C34H37NO3. The van der Waals surface area contributed by atoms with Crippen molar-refractivity contribution in [1.29, 1.82) is 0 Å². The van der Waals surface area contributed by atoms with Crippen molar-refractivity contribution in [2.45, 2.75) is 65.3 Å². The molecule has 1 aliphatic rings. The molecule has 0 spiro atoms. The van der Waals surface area contributed by atoms with Crippen molar-refractivity contribution in [2.75, 3.05) is 5.32 Å². The molecule has 0 saturated heterocycles. The van der Waals surface area contributed by atoms with Gasteiger partial charge in [-0.3, -0.25) is 0 Å². The van der Waals surface area contributed by atoms with Gasteiger partial charge in [0, 0.05) is 17.8 Å². The van der Waals surface area contributed by atoms with E-state index in [1.165, 1.54) is 22.3 Å². The summed E-state index contributed by atoms with van der Waals surface area (Å²) in [6, 6.07) is 33.5. The fourth-order valence-corrected chi connectivity index (χ4v) is 4.93. The second-order valence-corrected chi connectivity index (χ2v) is 10.7. The molecule has 1 N–H and O–H groups in total. The van der Waals surface area contributed by atoms with Crippen LogP contribution < -0.4 is 10.1 Å². The smallest absolute Gasteiger partial charge is 0.132 e. The van der Waals surface area contributed by atoms with Gasteiger partial charge in [-0.05, 0) is 68.1 Å². The lowest BCUT2D eigenvalue weighted by Gasteiger charge is -2.44. The zero-order valence-corrected chi connectivity index (χ0v) is 22.7. The van der Waals surface area contributed by atoms with Crippen LogP contribution in [0.1, 0.15) is 53.3 Å². The topological polar surface area (TPSA) is 39.7 Å². The van der Waals surface area contributed by atoms with Crippen molar-refractivity contribution in [2.24, 2.45) is 0 Å². The van der Waals surface area contributed by atoms with Crippen LogP contribution in [0.15, 0.2) is 97.1 Å². The lowest BCUT2D eigenvalue weighted by atomic mass is 9.87.